The molecule has 0 atom stereocenters. The zero-order valence-corrected chi connectivity index (χ0v) is 14.8. The molecule has 0 amide bonds. The molecular weight excluding hydrogens is 330 g/mol. The summed E-state index contributed by atoms with van der Waals surface area (Å²) in [6, 6.07) is 0. The number of ether oxygens (including phenoxy) is 1. The summed E-state index contributed by atoms with van der Waals surface area (Å²) in [5.41, 5.74) is 0. The van der Waals surface area contributed by atoms with E-state index >= 15 is 0 Å². The predicted octanol–water partition coefficient (Wildman–Crippen LogP) is -0.0634. The third kappa shape index (κ3) is 4.55. The Balaban J connectivity index is 1.49. The quantitative estimate of drug-likeness (QED) is 0.791. The second kappa shape index (κ2) is 7.62. The van der Waals surface area contributed by atoms with Crippen molar-refractivity contribution in [2.75, 3.05) is 57.0 Å². The van der Waals surface area contributed by atoms with E-state index in [2.05, 4.69) is 15.3 Å². The van der Waals surface area contributed by atoms with Crippen molar-refractivity contribution >= 4 is 15.8 Å². The van der Waals surface area contributed by atoms with Gasteiger partial charge in [0.1, 0.15) is 5.82 Å². The first-order chi connectivity index (χ1) is 11.5. The Labute approximate surface area is 143 Å². The van der Waals surface area contributed by atoms with Crippen LogP contribution in [0.15, 0.2) is 12.4 Å². The van der Waals surface area contributed by atoms with Crippen LogP contribution in [-0.2, 0) is 10.0 Å². The molecule has 1 aromatic heterocycles. The third-order valence-electron chi connectivity index (χ3n) is 4.57. The summed E-state index contributed by atoms with van der Waals surface area (Å²) in [4.78, 5) is 10.8. The highest BCUT2D eigenvalue weighted by Gasteiger charge is 2.24. The first-order valence-corrected chi connectivity index (χ1v) is 10.2. The molecule has 8 nitrogen and oxygen atoms in total. The molecule has 2 aliphatic rings. The van der Waals surface area contributed by atoms with E-state index in [1.807, 2.05) is 4.90 Å². The number of piperazine rings is 1. The summed E-state index contributed by atoms with van der Waals surface area (Å²) in [5.74, 6) is 1.89. The van der Waals surface area contributed by atoms with E-state index in [1.54, 1.807) is 12.4 Å². The van der Waals surface area contributed by atoms with E-state index in [-0.39, 0.29) is 0 Å². The van der Waals surface area contributed by atoms with Crippen LogP contribution in [0.4, 0.5) is 5.82 Å². The number of aromatic nitrogens is 2. The average Bonchev–Trinajstić information content (AvgIpc) is 2.61. The number of piperidine rings is 1. The second-order valence-corrected chi connectivity index (χ2v) is 8.35. The molecule has 134 valence electrons. The van der Waals surface area contributed by atoms with Gasteiger partial charge >= 0.3 is 0 Å². The highest BCUT2D eigenvalue weighted by Crippen LogP contribution is 2.17. The number of hydrogen-bond donors (Lipinski definition) is 1. The van der Waals surface area contributed by atoms with Crippen LogP contribution in [0.1, 0.15) is 12.8 Å². The average molecular weight is 355 g/mol. The van der Waals surface area contributed by atoms with Crippen molar-refractivity contribution in [3.63, 3.8) is 0 Å². The first-order valence-electron chi connectivity index (χ1n) is 8.38. The fourth-order valence-corrected chi connectivity index (χ4v) is 3.87. The molecular formula is C15H25N5O3S. The van der Waals surface area contributed by atoms with Crippen LogP contribution in [-0.4, -0.2) is 74.8 Å². The number of anilines is 1. The minimum absolute atomic E-state index is 0.481. The minimum Gasteiger partial charge on any atom is -0.476 e. The number of sulfonamides is 1. The van der Waals surface area contributed by atoms with Crippen molar-refractivity contribution in [1.29, 1.82) is 0 Å². The molecule has 9 heteroatoms. The fourth-order valence-electron chi connectivity index (χ4n) is 3.05. The predicted molar refractivity (Wildman–Crippen MR) is 91.8 cm³/mol. The van der Waals surface area contributed by atoms with Gasteiger partial charge in [-0.3, -0.25) is 0 Å². The van der Waals surface area contributed by atoms with E-state index in [0.717, 1.165) is 31.7 Å². The van der Waals surface area contributed by atoms with E-state index in [4.69, 9.17) is 4.74 Å². The van der Waals surface area contributed by atoms with Crippen LogP contribution in [0.2, 0.25) is 0 Å². The van der Waals surface area contributed by atoms with Gasteiger partial charge in [0.2, 0.25) is 15.9 Å². The van der Waals surface area contributed by atoms with Gasteiger partial charge in [-0.05, 0) is 31.8 Å². The zero-order chi connectivity index (χ0) is 17.0. The van der Waals surface area contributed by atoms with Crippen molar-refractivity contribution in [3.05, 3.63) is 12.4 Å². The van der Waals surface area contributed by atoms with E-state index < -0.39 is 10.0 Å². The van der Waals surface area contributed by atoms with Gasteiger partial charge in [0.25, 0.3) is 0 Å². The lowest BCUT2D eigenvalue weighted by atomic mass is 9.99. The molecule has 1 aromatic rings. The van der Waals surface area contributed by atoms with Gasteiger partial charge in [-0.2, -0.15) is 4.31 Å². The fraction of sp³-hybridized carbons (Fsp3) is 0.733. The molecule has 0 aromatic carbocycles. The Morgan fingerprint density at radius 1 is 1.17 bits per heavy atom. The van der Waals surface area contributed by atoms with Gasteiger partial charge in [0, 0.05) is 26.2 Å². The minimum atomic E-state index is -3.11. The van der Waals surface area contributed by atoms with Gasteiger partial charge in [0.15, 0.2) is 0 Å². The lowest BCUT2D eigenvalue weighted by Gasteiger charge is -2.33. The van der Waals surface area contributed by atoms with E-state index in [0.29, 0.717) is 44.6 Å². The van der Waals surface area contributed by atoms with Crippen LogP contribution in [0, 0.1) is 5.92 Å². The van der Waals surface area contributed by atoms with Crippen molar-refractivity contribution < 1.29 is 13.2 Å². The maximum absolute atomic E-state index is 11.5. The number of rotatable bonds is 5. The first kappa shape index (κ1) is 17.4. The highest BCUT2D eigenvalue weighted by molar-refractivity contribution is 7.88. The summed E-state index contributed by atoms with van der Waals surface area (Å²) in [6.07, 6.45) is 6.87. The molecule has 24 heavy (non-hydrogen) atoms. The van der Waals surface area contributed by atoms with Crippen molar-refractivity contribution in [1.82, 2.24) is 19.6 Å². The summed E-state index contributed by atoms with van der Waals surface area (Å²) in [6.45, 7) is 5.00. The van der Waals surface area contributed by atoms with Crippen LogP contribution in [0.25, 0.3) is 0 Å². The lowest BCUT2D eigenvalue weighted by molar-refractivity contribution is 0.208. The molecule has 0 radical (unpaired) electrons. The van der Waals surface area contributed by atoms with Gasteiger partial charge in [-0.15, -0.1) is 0 Å². The molecule has 0 unspecified atom stereocenters. The van der Waals surface area contributed by atoms with Gasteiger partial charge in [0.05, 0.1) is 25.3 Å². The Bertz CT molecular complexity index is 623. The molecule has 2 saturated heterocycles. The van der Waals surface area contributed by atoms with Crippen LogP contribution in [0.5, 0.6) is 5.88 Å². The second-order valence-electron chi connectivity index (χ2n) is 6.37. The standard InChI is InChI=1S/C15H25N5O3S/c1-24(21,22)20-8-6-19(7-9-20)14-10-18-15(11-17-14)23-12-13-2-4-16-5-3-13/h10-11,13,16H,2-9,12H2,1H3. The zero-order valence-electron chi connectivity index (χ0n) is 14.0. The summed E-state index contributed by atoms with van der Waals surface area (Å²) in [7, 11) is -3.11. The Kier molecular flexibility index (Phi) is 5.52. The van der Waals surface area contributed by atoms with Crippen molar-refractivity contribution in [2.45, 2.75) is 12.8 Å². The number of nitrogens with zero attached hydrogens (tertiary/aromatic N) is 4. The number of nitrogens with one attached hydrogen (secondary N) is 1. The Hall–Kier alpha value is -1.45. The third-order valence-corrected chi connectivity index (χ3v) is 5.87. The van der Waals surface area contributed by atoms with Crippen molar-refractivity contribution in [2.24, 2.45) is 5.92 Å². The SMILES string of the molecule is CS(=O)(=O)N1CCN(c2cnc(OCC3CCNCC3)cn2)CC1. The molecule has 3 rings (SSSR count). The molecule has 0 bridgehead atoms. The van der Waals surface area contributed by atoms with Crippen LogP contribution in [0.3, 0.4) is 0 Å². The molecule has 3 heterocycles. The Morgan fingerprint density at radius 3 is 2.46 bits per heavy atom. The smallest absolute Gasteiger partial charge is 0.232 e. The van der Waals surface area contributed by atoms with Crippen LogP contribution >= 0.6 is 0 Å². The largest absolute Gasteiger partial charge is 0.476 e. The topological polar surface area (TPSA) is 87.7 Å². The summed E-state index contributed by atoms with van der Waals surface area (Å²) >= 11 is 0. The Morgan fingerprint density at radius 2 is 1.88 bits per heavy atom. The molecule has 0 saturated carbocycles. The van der Waals surface area contributed by atoms with Gasteiger partial charge < -0.3 is 15.0 Å². The summed E-state index contributed by atoms with van der Waals surface area (Å²) in [5, 5.41) is 3.34. The van der Waals surface area contributed by atoms with Gasteiger partial charge in [-0.25, -0.2) is 18.4 Å². The van der Waals surface area contributed by atoms with E-state index in [9.17, 15) is 8.42 Å². The molecule has 1 N–H and O–H groups in total. The molecule has 2 aliphatic heterocycles. The van der Waals surface area contributed by atoms with Gasteiger partial charge in [-0.1, -0.05) is 0 Å². The maximum atomic E-state index is 11.5. The molecule has 0 aliphatic carbocycles. The number of hydrogen-bond acceptors (Lipinski definition) is 7. The highest BCUT2D eigenvalue weighted by atomic mass is 32.2. The van der Waals surface area contributed by atoms with Crippen LogP contribution < -0.4 is 15.0 Å². The maximum Gasteiger partial charge on any atom is 0.232 e. The van der Waals surface area contributed by atoms with E-state index in [1.165, 1.54) is 10.6 Å². The normalized spacial score (nSPS) is 21.0. The monoisotopic (exact) mass is 355 g/mol. The summed E-state index contributed by atoms with van der Waals surface area (Å²) < 4.78 is 30.3. The van der Waals surface area contributed by atoms with Crippen molar-refractivity contribution in [3.8, 4) is 5.88 Å². The molecule has 2 fully saturated rings. The molecule has 0 spiro atoms. The lowest BCUT2D eigenvalue weighted by Crippen LogP contribution is -2.48.